The summed E-state index contributed by atoms with van der Waals surface area (Å²) in [5, 5.41) is 0. The van der Waals surface area contributed by atoms with Crippen LogP contribution in [0.1, 0.15) is 53.0 Å². The van der Waals surface area contributed by atoms with Gasteiger partial charge in [0.2, 0.25) is 0 Å². The van der Waals surface area contributed by atoms with Gasteiger partial charge in [0.1, 0.15) is 12.4 Å². The molecule has 0 atom stereocenters. The molecule has 0 bridgehead atoms. The number of H-pyrrole nitrogens is 1. The first-order valence-electron chi connectivity index (χ1n) is 9.09. The molecule has 1 aliphatic heterocycles. The maximum atomic E-state index is 12.8. The largest absolute Gasteiger partial charge is 0.488 e. The van der Waals surface area contributed by atoms with Crippen molar-refractivity contribution < 1.29 is 9.53 Å². The van der Waals surface area contributed by atoms with Crippen LogP contribution in [0.4, 0.5) is 0 Å². The normalized spacial score (nSPS) is 13.8. The molecule has 1 aromatic heterocycles. The first-order valence-corrected chi connectivity index (χ1v) is 9.88. The highest BCUT2D eigenvalue weighted by atomic mass is 79.9. The third-order valence-electron chi connectivity index (χ3n) is 5.16. The summed E-state index contributed by atoms with van der Waals surface area (Å²) in [6.07, 6.45) is 1.51. The van der Waals surface area contributed by atoms with Gasteiger partial charge < -0.3 is 9.72 Å². The van der Waals surface area contributed by atoms with E-state index in [-0.39, 0.29) is 11.3 Å². The number of Topliss-reactive ketones (excluding diaryl/α,β-unsaturated/α-hetero) is 1. The number of aromatic nitrogens is 1. The summed E-state index contributed by atoms with van der Waals surface area (Å²) in [5.41, 5.74) is 6.50. The molecule has 0 saturated carbocycles. The maximum Gasteiger partial charge on any atom is 0.251 e. The van der Waals surface area contributed by atoms with E-state index in [4.69, 9.17) is 4.74 Å². The molecule has 0 saturated heterocycles. The Morgan fingerprint density at radius 3 is 2.59 bits per heavy atom. The van der Waals surface area contributed by atoms with E-state index in [1.807, 2.05) is 32.0 Å². The Kier molecular flexibility index (Phi) is 5.70. The number of benzene rings is 1. The lowest BCUT2D eigenvalue weighted by molar-refractivity contribution is 0.0982. The van der Waals surface area contributed by atoms with Crippen LogP contribution in [-0.4, -0.2) is 17.4 Å². The monoisotopic (exact) mass is 429 g/mol. The predicted octanol–water partition coefficient (Wildman–Crippen LogP) is 4.84. The van der Waals surface area contributed by atoms with Gasteiger partial charge in [0.05, 0.1) is 4.47 Å². The maximum absolute atomic E-state index is 12.8. The lowest BCUT2D eigenvalue weighted by Gasteiger charge is -2.12. The Bertz CT molecular complexity index is 1000. The van der Waals surface area contributed by atoms with E-state index >= 15 is 0 Å². The number of halogens is 1. The average Bonchev–Trinajstić information content (AvgIpc) is 2.72. The minimum absolute atomic E-state index is 0.0282. The number of ketones is 1. The number of carbonyl (C=O) groups is 1. The number of fused-ring (bicyclic) bond motifs is 1. The number of carbonyl (C=O) groups excluding carboxylic acids is 1. The molecule has 4 nitrogen and oxygen atoms in total. The molecule has 27 heavy (non-hydrogen) atoms. The van der Waals surface area contributed by atoms with Crippen molar-refractivity contribution in [1.82, 2.24) is 4.98 Å². The highest BCUT2D eigenvalue weighted by molar-refractivity contribution is 9.10. The number of pyridine rings is 1. The number of hydrogen-bond acceptors (Lipinski definition) is 3. The standard InChI is InChI=1S/C22H24BrNO3/c1-12-8-17-9-16(10-19(23)21(17)27-11-14(12)3)20(25)6-5-18-13(2)7-15(4)24-22(18)26/h7,9-10H,5-6,8,11H2,1-4H3,(H,24,26). The Labute approximate surface area is 167 Å². The molecule has 0 spiro atoms. The van der Waals surface area contributed by atoms with Gasteiger partial charge in [-0.15, -0.1) is 0 Å². The summed E-state index contributed by atoms with van der Waals surface area (Å²) >= 11 is 3.55. The summed E-state index contributed by atoms with van der Waals surface area (Å²) in [4.78, 5) is 27.8. The van der Waals surface area contributed by atoms with Gasteiger partial charge in [0.25, 0.3) is 5.56 Å². The van der Waals surface area contributed by atoms with Crippen LogP contribution in [-0.2, 0) is 12.8 Å². The van der Waals surface area contributed by atoms with Crippen LogP contribution < -0.4 is 10.3 Å². The first-order chi connectivity index (χ1) is 12.8. The Morgan fingerprint density at radius 2 is 1.89 bits per heavy atom. The molecule has 1 aliphatic rings. The predicted molar refractivity (Wildman–Crippen MR) is 111 cm³/mol. The van der Waals surface area contributed by atoms with Crippen molar-refractivity contribution >= 4 is 21.7 Å². The molecule has 0 amide bonds. The molecule has 142 valence electrons. The van der Waals surface area contributed by atoms with E-state index in [0.717, 1.165) is 33.5 Å². The van der Waals surface area contributed by atoms with Gasteiger partial charge in [-0.1, -0.05) is 5.57 Å². The second-order valence-electron chi connectivity index (χ2n) is 7.34. The van der Waals surface area contributed by atoms with Crippen molar-refractivity contribution in [2.75, 3.05) is 6.61 Å². The molecule has 2 aromatic rings. The van der Waals surface area contributed by atoms with Crippen molar-refractivity contribution in [2.45, 2.75) is 47.0 Å². The molecular weight excluding hydrogens is 406 g/mol. The van der Waals surface area contributed by atoms with Crippen molar-refractivity contribution in [3.63, 3.8) is 0 Å². The zero-order valence-electron chi connectivity index (χ0n) is 16.2. The molecule has 1 aromatic carbocycles. The summed E-state index contributed by atoms with van der Waals surface area (Å²) in [6.45, 7) is 8.51. The van der Waals surface area contributed by atoms with Crippen molar-refractivity contribution in [3.05, 3.63) is 72.1 Å². The Morgan fingerprint density at radius 1 is 1.15 bits per heavy atom. The SMILES string of the molecule is CC1=C(C)Cc2cc(C(=O)CCc3c(C)cc(C)[nH]c3=O)cc(Br)c2OC1. The van der Waals surface area contributed by atoms with Gasteiger partial charge in [0, 0.05) is 28.8 Å². The minimum atomic E-state index is -0.104. The van der Waals surface area contributed by atoms with Crippen LogP contribution in [0, 0.1) is 13.8 Å². The van der Waals surface area contributed by atoms with Crippen molar-refractivity contribution in [3.8, 4) is 5.75 Å². The topological polar surface area (TPSA) is 59.2 Å². The van der Waals surface area contributed by atoms with E-state index < -0.39 is 0 Å². The van der Waals surface area contributed by atoms with Crippen molar-refractivity contribution in [2.24, 2.45) is 0 Å². The lowest BCUT2D eigenvalue weighted by Crippen LogP contribution is -2.17. The first kappa shape index (κ1) is 19.6. The van der Waals surface area contributed by atoms with Gasteiger partial charge in [-0.25, -0.2) is 0 Å². The zero-order chi connectivity index (χ0) is 19.7. The molecule has 0 aliphatic carbocycles. The molecule has 2 heterocycles. The lowest BCUT2D eigenvalue weighted by atomic mass is 9.97. The quantitative estimate of drug-likeness (QED) is 0.558. The summed E-state index contributed by atoms with van der Waals surface area (Å²) < 4.78 is 6.71. The van der Waals surface area contributed by atoms with Crippen LogP contribution in [0.5, 0.6) is 5.75 Å². The van der Waals surface area contributed by atoms with Crippen LogP contribution >= 0.6 is 15.9 Å². The third kappa shape index (κ3) is 4.24. The number of ether oxygens (including phenoxy) is 1. The van der Waals surface area contributed by atoms with Gasteiger partial charge >= 0.3 is 0 Å². The number of allylic oxidation sites excluding steroid dienone is 1. The van der Waals surface area contributed by atoms with Gasteiger partial charge in [-0.3, -0.25) is 9.59 Å². The van der Waals surface area contributed by atoms with Crippen LogP contribution in [0.3, 0.4) is 0 Å². The summed E-state index contributed by atoms with van der Waals surface area (Å²) in [7, 11) is 0. The second kappa shape index (κ2) is 7.85. The van der Waals surface area contributed by atoms with Crippen molar-refractivity contribution in [1.29, 1.82) is 0 Å². The summed E-state index contributed by atoms with van der Waals surface area (Å²) in [5.74, 6) is 0.842. The van der Waals surface area contributed by atoms with E-state index in [0.29, 0.717) is 30.6 Å². The molecule has 0 fully saturated rings. The highest BCUT2D eigenvalue weighted by Crippen LogP contribution is 2.35. The zero-order valence-corrected chi connectivity index (χ0v) is 17.7. The van der Waals surface area contributed by atoms with Crippen LogP contribution in [0.2, 0.25) is 0 Å². The third-order valence-corrected chi connectivity index (χ3v) is 5.74. The number of nitrogens with one attached hydrogen (secondary N) is 1. The van der Waals surface area contributed by atoms with E-state index in [1.165, 1.54) is 11.1 Å². The summed E-state index contributed by atoms with van der Waals surface area (Å²) in [6, 6.07) is 5.69. The fourth-order valence-electron chi connectivity index (χ4n) is 3.42. The number of hydrogen-bond donors (Lipinski definition) is 1. The molecule has 5 heteroatoms. The Balaban J connectivity index is 1.83. The van der Waals surface area contributed by atoms with E-state index in [2.05, 4.69) is 34.8 Å². The van der Waals surface area contributed by atoms with Gasteiger partial charge in [0.15, 0.2) is 5.78 Å². The molecule has 0 radical (unpaired) electrons. The van der Waals surface area contributed by atoms with Crippen LogP contribution in [0.25, 0.3) is 0 Å². The van der Waals surface area contributed by atoms with E-state index in [9.17, 15) is 9.59 Å². The van der Waals surface area contributed by atoms with Gasteiger partial charge in [-0.2, -0.15) is 0 Å². The second-order valence-corrected chi connectivity index (χ2v) is 8.19. The Hall–Kier alpha value is -2.14. The highest BCUT2D eigenvalue weighted by Gasteiger charge is 2.19. The fraction of sp³-hybridized carbons (Fsp3) is 0.364. The van der Waals surface area contributed by atoms with Gasteiger partial charge in [-0.05, 0) is 85.8 Å². The fourth-order valence-corrected chi connectivity index (χ4v) is 4.04. The number of rotatable bonds is 4. The average molecular weight is 430 g/mol. The number of aryl methyl sites for hydroxylation is 2. The molecule has 3 rings (SSSR count). The molecular formula is C22H24BrNO3. The van der Waals surface area contributed by atoms with Crippen LogP contribution in [0.15, 0.2) is 38.6 Å². The molecule has 0 unspecified atom stereocenters. The minimum Gasteiger partial charge on any atom is -0.488 e. The van der Waals surface area contributed by atoms with E-state index in [1.54, 1.807) is 0 Å². The number of aromatic amines is 1. The smallest absolute Gasteiger partial charge is 0.251 e. The molecule has 1 N–H and O–H groups in total.